The lowest BCUT2D eigenvalue weighted by Gasteiger charge is -2.11. The largest absolute Gasteiger partial charge is 0.846 e. The SMILES string of the molecule is COC(=O)[C@@H](N)CN=C([O-])Nc1c[n+](-c2ccccc2)no1.Cl. The van der Waals surface area contributed by atoms with Crippen molar-refractivity contribution in [2.45, 2.75) is 6.04 Å². The van der Waals surface area contributed by atoms with Gasteiger partial charge in [-0.05, 0) is 4.68 Å². The molecule has 1 aromatic heterocycles. The number of ether oxygens (including phenoxy) is 1. The minimum atomic E-state index is -0.986. The Bertz CT molecular complexity index is 661. The molecule has 1 atom stereocenters. The molecule has 9 nitrogen and oxygen atoms in total. The second-order valence-corrected chi connectivity index (χ2v) is 4.25. The number of aliphatic imine (C=N–C) groups is 1. The Morgan fingerprint density at radius 2 is 2.22 bits per heavy atom. The highest BCUT2D eigenvalue weighted by Gasteiger charge is 2.14. The Kier molecular flexibility index (Phi) is 6.97. The van der Waals surface area contributed by atoms with Gasteiger partial charge in [-0.15, -0.1) is 12.4 Å². The minimum absolute atomic E-state index is 0. The van der Waals surface area contributed by atoms with Gasteiger partial charge < -0.3 is 20.9 Å². The summed E-state index contributed by atoms with van der Waals surface area (Å²) in [6, 6.07) is 7.53. The van der Waals surface area contributed by atoms with Crippen LogP contribution in [0.5, 0.6) is 0 Å². The molecular formula is C13H16ClN5O4. The second-order valence-electron chi connectivity index (χ2n) is 4.25. The van der Waals surface area contributed by atoms with Gasteiger partial charge in [0.1, 0.15) is 6.04 Å². The van der Waals surface area contributed by atoms with Crippen LogP contribution in [-0.4, -0.2) is 37.0 Å². The number of hydrogen-bond acceptors (Lipinski definition) is 7. The smallest absolute Gasteiger partial charge is 0.324 e. The van der Waals surface area contributed by atoms with Crippen molar-refractivity contribution in [3.05, 3.63) is 36.5 Å². The summed E-state index contributed by atoms with van der Waals surface area (Å²) in [6.07, 6.45) is 1.49. The molecule has 0 bridgehead atoms. The number of amidine groups is 1. The predicted molar refractivity (Wildman–Crippen MR) is 81.2 cm³/mol. The van der Waals surface area contributed by atoms with Crippen molar-refractivity contribution in [1.29, 1.82) is 0 Å². The van der Waals surface area contributed by atoms with Gasteiger partial charge in [0, 0.05) is 12.1 Å². The van der Waals surface area contributed by atoms with Crippen LogP contribution in [0.15, 0.2) is 46.0 Å². The van der Waals surface area contributed by atoms with Crippen molar-refractivity contribution in [3.8, 4) is 5.69 Å². The highest BCUT2D eigenvalue weighted by atomic mass is 35.5. The van der Waals surface area contributed by atoms with Crippen molar-refractivity contribution in [1.82, 2.24) is 5.27 Å². The van der Waals surface area contributed by atoms with Crippen LogP contribution in [0.3, 0.4) is 0 Å². The van der Waals surface area contributed by atoms with Gasteiger partial charge in [0.05, 0.1) is 19.7 Å². The molecule has 0 aliphatic rings. The number of nitrogens with two attached hydrogens (primary N) is 1. The van der Waals surface area contributed by atoms with Crippen molar-refractivity contribution >= 4 is 30.3 Å². The molecule has 2 aromatic rings. The number of nitrogens with one attached hydrogen (secondary N) is 1. The van der Waals surface area contributed by atoms with E-state index in [0.717, 1.165) is 5.69 Å². The van der Waals surface area contributed by atoms with Crippen LogP contribution in [0.4, 0.5) is 5.88 Å². The molecule has 1 heterocycles. The molecule has 124 valence electrons. The van der Waals surface area contributed by atoms with E-state index in [-0.39, 0.29) is 24.8 Å². The first-order chi connectivity index (χ1) is 10.6. The molecular weight excluding hydrogens is 326 g/mol. The third-order valence-electron chi connectivity index (χ3n) is 2.65. The van der Waals surface area contributed by atoms with E-state index in [4.69, 9.17) is 10.3 Å². The number of benzene rings is 1. The summed E-state index contributed by atoms with van der Waals surface area (Å²) in [5.74, 6) is -0.526. The molecule has 3 N–H and O–H groups in total. The van der Waals surface area contributed by atoms with E-state index in [9.17, 15) is 9.90 Å². The molecule has 10 heteroatoms. The van der Waals surface area contributed by atoms with Gasteiger partial charge in [-0.1, -0.05) is 18.2 Å². The van der Waals surface area contributed by atoms with Crippen LogP contribution in [0.25, 0.3) is 5.69 Å². The highest BCUT2D eigenvalue weighted by molar-refractivity contribution is 5.85. The molecule has 0 radical (unpaired) electrons. The van der Waals surface area contributed by atoms with E-state index >= 15 is 0 Å². The summed E-state index contributed by atoms with van der Waals surface area (Å²) >= 11 is 0. The first kappa shape index (κ1) is 18.4. The maximum Gasteiger partial charge on any atom is 0.324 e. The average Bonchev–Trinajstić information content (AvgIpc) is 3.01. The molecule has 0 fully saturated rings. The number of anilines is 1. The Morgan fingerprint density at radius 3 is 2.87 bits per heavy atom. The second kappa shape index (κ2) is 8.71. The molecule has 0 aliphatic heterocycles. The fourth-order valence-corrected chi connectivity index (χ4v) is 1.56. The van der Waals surface area contributed by atoms with E-state index < -0.39 is 18.0 Å². The maximum atomic E-state index is 11.6. The standard InChI is InChI=1S/C13H15N5O4.ClH/c1-21-12(19)10(14)7-15-13(20)16-11-8-18(17-22-11)9-5-3-2-4-6-9;/h2-6,8,10H,7,14H2,1H3,(H-,15,16,17,20);1H/t10-;/m0./s1. The molecule has 0 aliphatic carbocycles. The van der Waals surface area contributed by atoms with Crippen LogP contribution in [0.2, 0.25) is 0 Å². The van der Waals surface area contributed by atoms with Gasteiger partial charge in [0.2, 0.25) is 11.0 Å². The monoisotopic (exact) mass is 341 g/mol. The third kappa shape index (κ3) is 5.24. The van der Waals surface area contributed by atoms with Crippen LogP contribution in [0.1, 0.15) is 0 Å². The van der Waals surface area contributed by atoms with Crippen LogP contribution >= 0.6 is 12.4 Å². The van der Waals surface area contributed by atoms with E-state index in [0.29, 0.717) is 0 Å². The quantitative estimate of drug-likeness (QED) is 0.309. The van der Waals surface area contributed by atoms with Crippen molar-refractivity contribution in [2.24, 2.45) is 10.7 Å². The summed E-state index contributed by atoms with van der Waals surface area (Å²) in [6.45, 7) is -0.189. The van der Waals surface area contributed by atoms with E-state index in [1.807, 2.05) is 30.3 Å². The molecule has 1 aromatic carbocycles. The first-order valence-corrected chi connectivity index (χ1v) is 6.36. The lowest BCUT2D eigenvalue weighted by Crippen LogP contribution is -2.36. The van der Waals surface area contributed by atoms with Crippen LogP contribution in [-0.2, 0) is 9.53 Å². The zero-order valence-corrected chi connectivity index (χ0v) is 13.0. The molecule has 23 heavy (non-hydrogen) atoms. The lowest BCUT2D eigenvalue weighted by molar-refractivity contribution is -0.670. The molecule has 0 saturated heterocycles. The van der Waals surface area contributed by atoms with Gasteiger partial charge in [0.25, 0.3) is 6.20 Å². The number of halogens is 1. The zero-order chi connectivity index (χ0) is 15.9. The van der Waals surface area contributed by atoms with Crippen LogP contribution in [0, 0.1) is 0 Å². The van der Waals surface area contributed by atoms with Gasteiger partial charge in [-0.2, -0.15) is 0 Å². The van der Waals surface area contributed by atoms with Crippen molar-refractivity contribution in [3.63, 3.8) is 0 Å². The zero-order valence-electron chi connectivity index (χ0n) is 12.2. The minimum Gasteiger partial charge on any atom is -0.846 e. The number of hydrogen-bond donors (Lipinski definition) is 2. The molecule has 0 saturated carbocycles. The number of nitrogens with zero attached hydrogens (tertiary/aromatic N) is 3. The molecule has 0 unspecified atom stereocenters. The Hall–Kier alpha value is -2.65. The van der Waals surface area contributed by atoms with Crippen LogP contribution < -0.4 is 20.8 Å². The molecule has 0 spiro atoms. The number of aromatic nitrogens is 2. The van der Waals surface area contributed by atoms with Gasteiger partial charge in [-0.25, -0.2) is 0 Å². The fraction of sp³-hybridized carbons (Fsp3) is 0.231. The summed E-state index contributed by atoms with van der Waals surface area (Å²) in [5, 5.41) is 17.7. The Labute approximate surface area is 138 Å². The number of carbonyl (C=O) groups is 1. The average molecular weight is 342 g/mol. The van der Waals surface area contributed by atoms with Gasteiger partial charge in [-0.3, -0.25) is 14.3 Å². The third-order valence-corrected chi connectivity index (χ3v) is 2.65. The predicted octanol–water partition coefficient (Wildman–Crippen LogP) is -0.998. The topological polar surface area (TPSA) is 130 Å². The Balaban J connectivity index is 0.00000264. The highest BCUT2D eigenvalue weighted by Crippen LogP contribution is 2.03. The van der Waals surface area contributed by atoms with E-state index in [2.05, 4.69) is 20.3 Å². The van der Waals surface area contributed by atoms with Crippen molar-refractivity contribution in [2.75, 3.05) is 19.0 Å². The first-order valence-electron chi connectivity index (χ1n) is 6.36. The fourth-order valence-electron chi connectivity index (χ4n) is 1.56. The number of esters is 1. The number of carbonyl (C=O) groups excluding carboxylic acids is 1. The number of methoxy groups -OCH3 is 1. The number of para-hydroxylation sites is 1. The van der Waals surface area contributed by atoms with E-state index in [1.165, 1.54) is 18.0 Å². The van der Waals surface area contributed by atoms with E-state index in [1.54, 1.807) is 0 Å². The normalized spacial score (nSPS) is 12.2. The van der Waals surface area contributed by atoms with Crippen molar-refractivity contribution < 1.29 is 23.8 Å². The van der Waals surface area contributed by atoms with Gasteiger partial charge >= 0.3 is 11.9 Å². The molecule has 0 amide bonds. The summed E-state index contributed by atoms with van der Waals surface area (Å²) < 4.78 is 10.8. The summed E-state index contributed by atoms with van der Waals surface area (Å²) in [4.78, 5) is 14.7. The summed E-state index contributed by atoms with van der Waals surface area (Å²) in [7, 11) is 1.21. The maximum absolute atomic E-state index is 11.6. The molecule has 2 rings (SSSR count). The van der Waals surface area contributed by atoms with Gasteiger partial charge in [0.15, 0.2) is 0 Å². The lowest BCUT2D eigenvalue weighted by atomic mass is 10.3. The number of rotatable bonds is 5. The Morgan fingerprint density at radius 1 is 1.52 bits per heavy atom. The summed E-state index contributed by atoms with van der Waals surface area (Å²) in [5.41, 5.74) is 6.24.